The first kappa shape index (κ1) is 12.6. The largest absolute Gasteiger partial charge is 0.480 e. The normalized spacial score (nSPS) is 18.4. The highest BCUT2D eigenvalue weighted by Gasteiger charge is 2.40. The topological polar surface area (TPSA) is 66.4 Å². The van der Waals surface area contributed by atoms with Crippen LogP contribution in [0.5, 0.6) is 0 Å². The first-order chi connectivity index (χ1) is 7.60. The van der Waals surface area contributed by atoms with Crippen LogP contribution in [-0.4, -0.2) is 22.5 Å². The van der Waals surface area contributed by atoms with Crippen molar-refractivity contribution in [1.29, 1.82) is 0 Å². The summed E-state index contributed by atoms with van der Waals surface area (Å²) in [6.45, 7) is 0. The Bertz CT molecular complexity index is 311. The van der Waals surface area contributed by atoms with Crippen molar-refractivity contribution in [2.75, 3.05) is 0 Å². The molecule has 0 aromatic carbocycles. The van der Waals surface area contributed by atoms with Gasteiger partial charge in [-0.2, -0.15) is 0 Å². The van der Waals surface area contributed by atoms with Gasteiger partial charge in [-0.1, -0.05) is 19.3 Å². The number of amides is 1. The molecule has 0 aromatic heterocycles. The molecule has 1 rings (SSSR count). The van der Waals surface area contributed by atoms with Crippen LogP contribution in [0.15, 0.2) is 0 Å². The van der Waals surface area contributed by atoms with Crippen molar-refractivity contribution in [3.05, 3.63) is 0 Å². The number of hydrogen-bond donors (Lipinski definition) is 2. The van der Waals surface area contributed by atoms with Crippen LogP contribution < -0.4 is 5.32 Å². The van der Waals surface area contributed by atoms with Gasteiger partial charge in [0.15, 0.2) is 0 Å². The number of nitrogens with one attached hydrogen (secondary N) is 1. The van der Waals surface area contributed by atoms with Crippen LogP contribution in [0.2, 0.25) is 0 Å². The molecule has 1 saturated carbocycles. The molecule has 1 fully saturated rings. The molecule has 4 nitrogen and oxygen atoms in total. The van der Waals surface area contributed by atoms with Crippen LogP contribution in [-0.2, 0) is 9.59 Å². The van der Waals surface area contributed by atoms with Gasteiger partial charge in [0.1, 0.15) is 5.54 Å². The Morgan fingerprint density at radius 2 is 1.94 bits per heavy atom. The summed E-state index contributed by atoms with van der Waals surface area (Å²) < 4.78 is 0. The van der Waals surface area contributed by atoms with Crippen molar-refractivity contribution >= 4 is 11.9 Å². The van der Waals surface area contributed by atoms with E-state index in [1.54, 1.807) is 0 Å². The fraction of sp³-hybridized carbons (Fsp3) is 0.667. The van der Waals surface area contributed by atoms with Crippen molar-refractivity contribution in [2.45, 2.75) is 50.5 Å². The molecule has 0 atom stereocenters. The Labute approximate surface area is 95.4 Å². The Morgan fingerprint density at radius 3 is 2.44 bits per heavy atom. The van der Waals surface area contributed by atoms with Gasteiger partial charge in [-0.25, -0.2) is 4.79 Å². The molecule has 0 aromatic rings. The summed E-state index contributed by atoms with van der Waals surface area (Å²) >= 11 is 0. The lowest BCUT2D eigenvalue weighted by Gasteiger charge is -2.33. The van der Waals surface area contributed by atoms with Gasteiger partial charge in [0.25, 0.3) is 0 Å². The van der Waals surface area contributed by atoms with E-state index in [1.165, 1.54) is 0 Å². The van der Waals surface area contributed by atoms with Crippen molar-refractivity contribution in [3.63, 3.8) is 0 Å². The van der Waals surface area contributed by atoms with Crippen LogP contribution in [0.25, 0.3) is 0 Å². The number of carboxylic acid groups (broad SMARTS) is 1. The summed E-state index contributed by atoms with van der Waals surface area (Å²) in [7, 11) is 0. The van der Waals surface area contributed by atoms with E-state index < -0.39 is 11.5 Å². The molecule has 0 radical (unpaired) electrons. The number of terminal acetylenes is 1. The number of carbonyl (C=O) groups excluding carboxylic acids is 1. The summed E-state index contributed by atoms with van der Waals surface area (Å²) in [4.78, 5) is 22.7. The summed E-state index contributed by atoms with van der Waals surface area (Å²) in [5.41, 5.74) is -1.05. The highest BCUT2D eigenvalue weighted by atomic mass is 16.4. The van der Waals surface area contributed by atoms with Crippen LogP contribution >= 0.6 is 0 Å². The maximum atomic E-state index is 11.5. The average Bonchev–Trinajstić information content (AvgIpc) is 2.27. The smallest absolute Gasteiger partial charge is 0.329 e. The van der Waals surface area contributed by atoms with Crippen molar-refractivity contribution in [3.8, 4) is 12.3 Å². The van der Waals surface area contributed by atoms with Crippen LogP contribution in [0.4, 0.5) is 0 Å². The molecule has 1 aliphatic rings. The van der Waals surface area contributed by atoms with Gasteiger partial charge in [0.2, 0.25) is 5.91 Å². The van der Waals surface area contributed by atoms with Crippen molar-refractivity contribution < 1.29 is 14.7 Å². The summed E-state index contributed by atoms with van der Waals surface area (Å²) in [6, 6.07) is 0. The van der Waals surface area contributed by atoms with E-state index >= 15 is 0 Å². The Hall–Kier alpha value is -1.50. The molecule has 4 heteroatoms. The van der Waals surface area contributed by atoms with Gasteiger partial charge in [-0.3, -0.25) is 4.79 Å². The summed E-state index contributed by atoms with van der Waals surface area (Å²) in [6.07, 6.45) is 9.38. The third-order valence-electron chi connectivity index (χ3n) is 2.99. The maximum absolute atomic E-state index is 11.5. The first-order valence-electron chi connectivity index (χ1n) is 5.58. The van der Waals surface area contributed by atoms with E-state index in [0.717, 1.165) is 19.3 Å². The SMILES string of the molecule is C#CCCC(=O)NC1(C(=O)O)CCCCC1. The monoisotopic (exact) mass is 223 g/mol. The standard InChI is InChI=1S/C12H17NO3/c1-2-3-7-10(14)13-12(11(15)16)8-5-4-6-9-12/h1H,3-9H2,(H,13,14)(H,15,16). The molecule has 0 spiro atoms. The fourth-order valence-electron chi connectivity index (χ4n) is 2.06. The van der Waals surface area contributed by atoms with E-state index in [-0.39, 0.29) is 12.3 Å². The number of aliphatic carboxylic acids is 1. The zero-order chi connectivity index (χ0) is 12.0. The lowest BCUT2D eigenvalue weighted by Crippen LogP contribution is -2.55. The van der Waals surface area contributed by atoms with Gasteiger partial charge < -0.3 is 10.4 Å². The molecule has 0 aliphatic heterocycles. The van der Waals surface area contributed by atoms with E-state index in [4.69, 9.17) is 6.42 Å². The Morgan fingerprint density at radius 1 is 1.31 bits per heavy atom. The quantitative estimate of drug-likeness (QED) is 0.706. The van der Waals surface area contributed by atoms with E-state index in [0.29, 0.717) is 19.3 Å². The number of carboxylic acids is 1. The molecule has 1 amide bonds. The van der Waals surface area contributed by atoms with Gasteiger partial charge >= 0.3 is 5.97 Å². The molecule has 16 heavy (non-hydrogen) atoms. The molecule has 88 valence electrons. The maximum Gasteiger partial charge on any atom is 0.329 e. The molecular formula is C12H17NO3. The fourth-order valence-corrected chi connectivity index (χ4v) is 2.06. The second kappa shape index (κ2) is 5.55. The average molecular weight is 223 g/mol. The van der Waals surface area contributed by atoms with Crippen LogP contribution in [0, 0.1) is 12.3 Å². The summed E-state index contributed by atoms with van der Waals surface area (Å²) in [5, 5.41) is 11.8. The van der Waals surface area contributed by atoms with Crippen molar-refractivity contribution in [1.82, 2.24) is 5.32 Å². The van der Waals surface area contributed by atoms with Crippen LogP contribution in [0.1, 0.15) is 44.9 Å². The third-order valence-corrected chi connectivity index (χ3v) is 2.99. The molecule has 0 bridgehead atoms. The Kier molecular flexibility index (Phi) is 4.36. The van der Waals surface area contributed by atoms with Crippen LogP contribution in [0.3, 0.4) is 0 Å². The highest BCUT2D eigenvalue weighted by Crippen LogP contribution is 2.28. The molecule has 0 unspecified atom stereocenters. The lowest BCUT2D eigenvalue weighted by molar-refractivity contribution is -0.149. The zero-order valence-corrected chi connectivity index (χ0v) is 9.29. The molecule has 2 N–H and O–H groups in total. The van der Waals surface area contributed by atoms with Gasteiger partial charge in [-0.05, 0) is 12.8 Å². The number of hydrogen-bond acceptors (Lipinski definition) is 2. The Balaban J connectivity index is 2.61. The van der Waals surface area contributed by atoms with Gasteiger partial charge in [0, 0.05) is 12.8 Å². The third kappa shape index (κ3) is 2.99. The van der Waals surface area contributed by atoms with Gasteiger partial charge in [-0.15, -0.1) is 12.3 Å². The highest BCUT2D eigenvalue weighted by molar-refractivity contribution is 5.87. The molecule has 1 aliphatic carbocycles. The minimum atomic E-state index is -1.05. The second-order valence-corrected chi connectivity index (χ2v) is 4.20. The summed E-state index contributed by atoms with van der Waals surface area (Å²) in [5.74, 6) is 1.18. The minimum Gasteiger partial charge on any atom is -0.480 e. The molecule has 0 heterocycles. The lowest BCUT2D eigenvalue weighted by atomic mass is 9.81. The number of carbonyl (C=O) groups is 2. The second-order valence-electron chi connectivity index (χ2n) is 4.20. The predicted octanol–water partition coefficient (Wildman–Crippen LogP) is 1.30. The minimum absolute atomic E-state index is 0.200. The molecular weight excluding hydrogens is 206 g/mol. The van der Waals surface area contributed by atoms with Gasteiger partial charge in [0.05, 0.1) is 0 Å². The zero-order valence-electron chi connectivity index (χ0n) is 9.29. The number of rotatable bonds is 4. The first-order valence-corrected chi connectivity index (χ1v) is 5.58. The molecule has 0 saturated heterocycles. The van der Waals surface area contributed by atoms with Crippen molar-refractivity contribution in [2.24, 2.45) is 0 Å². The van der Waals surface area contributed by atoms with E-state index in [1.807, 2.05) is 0 Å². The predicted molar refractivity (Wildman–Crippen MR) is 59.7 cm³/mol. The van der Waals surface area contributed by atoms with E-state index in [9.17, 15) is 14.7 Å². The van der Waals surface area contributed by atoms with E-state index in [2.05, 4.69) is 11.2 Å².